The molecule has 1 aromatic heterocycles. The van der Waals surface area contributed by atoms with Crippen LogP contribution < -0.4 is 20.1 Å². The molecule has 0 aliphatic rings. The number of aromatic nitrogens is 2. The van der Waals surface area contributed by atoms with E-state index in [4.69, 9.17) is 4.74 Å². The number of ether oxygens (including phenoxy) is 2. The number of hydrogen-bond acceptors (Lipinski definition) is 7. The summed E-state index contributed by atoms with van der Waals surface area (Å²) in [6.45, 7) is 6.19. The highest BCUT2D eigenvalue weighted by Crippen LogP contribution is 2.30. The Morgan fingerprint density at radius 1 is 1.00 bits per heavy atom. The zero-order valence-corrected chi connectivity index (χ0v) is 19.1. The Kier molecular flexibility index (Phi) is 8.17. The number of rotatable bonds is 10. The van der Waals surface area contributed by atoms with Crippen molar-refractivity contribution >= 4 is 17.5 Å². The Labute approximate surface area is 196 Å². The molecule has 0 spiro atoms. The highest BCUT2D eigenvalue weighted by Gasteiger charge is 2.31. The summed E-state index contributed by atoms with van der Waals surface area (Å²) in [6.07, 6.45) is -4.80. The summed E-state index contributed by atoms with van der Waals surface area (Å²) in [5, 5.41) is 16.0. The van der Waals surface area contributed by atoms with Crippen molar-refractivity contribution in [3.05, 3.63) is 54.6 Å². The van der Waals surface area contributed by atoms with Crippen LogP contribution in [0.1, 0.15) is 20.8 Å². The van der Waals surface area contributed by atoms with Crippen molar-refractivity contribution in [3.8, 4) is 22.8 Å². The Balaban J connectivity index is 1.96. The maximum absolute atomic E-state index is 12.7. The molecule has 0 radical (unpaired) electrons. The van der Waals surface area contributed by atoms with Gasteiger partial charge in [0.05, 0.1) is 24.9 Å². The Bertz CT molecular complexity index is 1080. The van der Waals surface area contributed by atoms with E-state index >= 15 is 0 Å². The highest BCUT2D eigenvalue weighted by atomic mass is 19.4. The van der Waals surface area contributed by atoms with Gasteiger partial charge in [0.25, 0.3) is 0 Å². The predicted octanol–water partition coefficient (Wildman–Crippen LogP) is 5.61. The van der Waals surface area contributed by atoms with Gasteiger partial charge in [0.2, 0.25) is 5.95 Å². The lowest BCUT2D eigenvalue weighted by molar-refractivity contribution is -0.274. The minimum atomic E-state index is -4.80. The Morgan fingerprint density at radius 2 is 1.74 bits per heavy atom. The standard InChI is InChI=1S/C24H27F3N4O3/c1-4-33-18-10-8-17(9-11-18)28-22-13-20(29-23(31-22)30-21(14-32)15(2)3)16-6-5-7-19(12-16)34-24(25,26)27/h5-13,15,21,32H,4,14H2,1-3H3,(H2,28,29,30,31)/t21-/m1/s1. The molecule has 1 heterocycles. The largest absolute Gasteiger partial charge is 0.573 e. The van der Waals surface area contributed by atoms with Gasteiger partial charge in [-0.2, -0.15) is 4.98 Å². The van der Waals surface area contributed by atoms with Crippen LogP contribution in [0.15, 0.2) is 54.6 Å². The molecule has 1 atom stereocenters. The van der Waals surface area contributed by atoms with Gasteiger partial charge in [0, 0.05) is 17.3 Å². The summed E-state index contributed by atoms with van der Waals surface area (Å²) in [6, 6.07) is 14.1. The maximum atomic E-state index is 12.7. The van der Waals surface area contributed by atoms with Gasteiger partial charge in [0.15, 0.2) is 0 Å². The number of nitrogens with one attached hydrogen (secondary N) is 2. The summed E-state index contributed by atoms with van der Waals surface area (Å²) in [7, 11) is 0. The van der Waals surface area contributed by atoms with E-state index in [0.717, 1.165) is 11.4 Å². The summed E-state index contributed by atoms with van der Waals surface area (Å²) in [4.78, 5) is 8.94. The number of nitrogens with zero attached hydrogens (tertiary/aromatic N) is 2. The molecule has 3 N–H and O–H groups in total. The van der Waals surface area contributed by atoms with Crippen LogP contribution in [0, 0.1) is 5.92 Å². The van der Waals surface area contributed by atoms with Crippen LogP contribution in [0.25, 0.3) is 11.3 Å². The maximum Gasteiger partial charge on any atom is 0.573 e. The molecule has 3 rings (SSSR count). The monoisotopic (exact) mass is 476 g/mol. The van der Waals surface area contributed by atoms with Crippen LogP contribution in [0.3, 0.4) is 0 Å². The molecule has 2 aromatic carbocycles. The minimum Gasteiger partial charge on any atom is -0.494 e. The lowest BCUT2D eigenvalue weighted by Crippen LogP contribution is -2.30. The molecule has 3 aromatic rings. The molecular weight excluding hydrogens is 449 g/mol. The smallest absolute Gasteiger partial charge is 0.494 e. The first-order valence-corrected chi connectivity index (χ1v) is 10.8. The van der Waals surface area contributed by atoms with Gasteiger partial charge >= 0.3 is 6.36 Å². The summed E-state index contributed by atoms with van der Waals surface area (Å²) < 4.78 is 47.5. The predicted molar refractivity (Wildman–Crippen MR) is 124 cm³/mol. The van der Waals surface area contributed by atoms with Gasteiger partial charge in [-0.25, -0.2) is 4.98 Å². The molecule has 0 bridgehead atoms. The third-order valence-corrected chi connectivity index (χ3v) is 4.84. The van der Waals surface area contributed by atoms with Crippen molar-refractivity contribution in [1.29, 1.82) is 0 Å². The number of aliphatic hydroxyl groups excluding tert-OH is 1. The van der Waals surface area contributed by atoms with Crippen molar-refractivity contribution in [2.24, 2.45) is 5.92 Å². The van der Waals surface area contributed by atoms with E-state index in [2.05, 4.69) is 25.3 Å². The fourth-order valence-electron chi connectivity index (χ4n) is 3.11. The average Bonchev–Trinajstić information content (AvgIpc) is 2.78. The van der Waals surface area contributed by atoms with Crippen molar-refractivity contribution in [3.63, 3.8) is 0 Å². The zero-order chi connectivity index (χ0) is 24.7. The molecule has 0 saturated carbocycles. The fourth-order valence-corrected chi connectivity index (χ4v) is 3.11. The number of halogens is 3. The quantitative estimate of drug-likeness (QED) is 0.350. The van der Waals surface area contributed by atoms with Crippen LogP contribution in [0.4, 0.5) is 30.6 Å². The minimum absolute atomic E-state index is 0.0864. The molecule has 0 aliphatic heterocycles. The van der Waals surface area contributed by atoms with E-state index in [9.17, 15) is 18.3 Å². The normalized spacial score (nSPS) is 12.4. The third kappa shape index (κ3) is 7.24. The first-order chi connectivity index (χ1) is 16.2. The van der Waals surface area contributed by atoms with Crippen molar-refractivity contribution in [2.45, 2.75) is 33.2 Å². The van der Waals surface area contributed by atoms with Crippen LogP contribution in [-0.4, -0.2) is 40.7 Å². The summed E-state index contributed by atoms with van der Waals surface area (Å²) >= 11 is 0. The number of anilines is 3. The SMILES string of the molecule is CCOc1ccc(Nc2cc(-c3cccc(OC(F)(F)F)c3)nc(N[C@H](CO)C(C)C)n2)cc1. The van der Waals surface area contributed by atoms with E-state index < -0.39 is 6.36 Å². The molecule has 182 valence electrons. The molecule has 0 aliphatic carbocycles. The van der Waals surface area contributed by atoms with Gasteiger partial charge in [-0.05, 0) is 49.2 Å². The second-order valence-corrected chi connectivity index (χ2v) is 7.80. The second kappa shape index (κ2) is 11.1. The van der Waals surface area contributed by atoms with Crippen LogP contribution in [0.2, 0.25) is 0 Å². The first kappa shape index (κ1) is 25.1. The lowest BCUT2D eigenvalue weighted by atomic mass is 10.1. The number of aliphatic hydroxyl groups is 1. The molecule has 0 amide bonds. The van der Waals surface area contributed by atoms with Crippen LogP contribution >= 0.6 is 0 Å². The summed E-state index contributed by atoms with van der Waals surface area (Å²) in [5.41, 5.74) is 1.52. The number of hydrogen-bond donors (Lipinski definition) is 3. The molecule has 0 unspecified atom stereocenters. The van der Waals surface area contributed by atoms with E-state index in [0.29, 0.717) is 23.7 Å². The molecule has 0 fully saturated rings. The Hall–Kier alpha value is -3.53. The van der Waals surface area contributed by atoms with Crippen molar-refractivity contribution in [2.75, 3.05) is 23.8 Å². The van der Waals surface area contributed by atoms with E-state index in [1.807, 2.05) is 45.0 Å². The van der Waals surface area contributed by atoms with Crippen molar-refractivity contribution in [1.82, 2.24) is 9.97 Å². The van der Waals surface area contributed by atoms with Gasteiger partial charge in [0.1, 0.15) is 17.3 Å². The molecule has 10 heteroatoms. The highest BCUT2D eigenvalue weighted by molar-refractivity contribution is 5.68. The average molecular weight is 476 g/mol. The molecule has 7 nitrogen and oxygen atoms in total. The fraction of sp³-hybridized carbons (Fsp3) is 0.333. The molecule has 0 saturated heterocycles. The van der Waals surface area contributed by atoms with Crippen LogP contribution in [0.5, 0.6) is 11.5 Å². The van der Waals surface area contributed by atoms with Gasteiger partial charge < -0.3 is 25.2 Å². The number of benzene rings is 2. The molecule has 34 heavy (non-hydrogen) atoms. The van der Waals surface area contributed by atoms with Gasteiger partial charge in [-0.1, -0.05) is 26.0 Å². The lowest BCUT2D eigenvalue weighted by Gasteiger charge is -2.21. The molecular formula is C24H27F3N4O3. The van der Waals surface area contributed by atoms with Crippen LogP contribution in [-0.2, 0) is 0 Å². The van der Waals surface area contributed by atoms with E-state index in [1.165, 1.54) is 18.2 Å². The first-order valence-electron chi connectivity index (χ1n) is 10.8. The van der Waals surface area contributed by atoms with E-state index in [-0.39, 0.29) is 30.3 Å². The second-order valence-electron chi connectivity index (χ2n) is 7.80. The third-order valence-electron chi connectivity index (χ3n) is 4.84. The topological polar surface area (TPSA) is 88.5 Å². The zero-order valence-electron chi connectivity index (χ0n) is 19.1. The summed E-state index contributed by atoms with van der Waals surface area (Å²) in [5.74, 6) is 1.10. The van der Waals surface area contributed by atoms with Crippen molar-refractivity contribution < 1.29 is 27.8 Å². The Morgan fingerprint density at radius 3 is 2.35 bits per heavy atom. The van der Waals surface area contributed by atoms with Gasteiger partial charge in [-0.3, -0.25) is 0 Å². The van der Waals surface area contributed by atoms with E-state index in [1.54, 1.807) is 12.1 Å². The number of alkyl halides is 3. The van der Waals surface area contributed by atoms with Gasteiger partial charge in [-0.15, -0.1) is 13.2 Å².